The molecule has 0 aromatic heterocycles. The molecular weight excluding hydrogens is 233 g/mol. The van der Waals surface area contributed by atoms with E-state index in [1.54, 1.807) is 6.07 Å². The van der Waals surface area contributed by atoms with E-state index in [9.17, 15) is 4.39 Å². The summed E-state index contributed by atoms with van der Waals surface area (Å²) in [6, 6.07) is 5.08. The van der Waals surface area contributed by atoms with Gasteiger partial charge in [-0.15, -0.1) is 0 Å². The van der Waals surface area contributed by atoms with E-state index >= 15 is 0 Å². The van der Waals surface area contributed by atoms with Gasteiger partial charge in [-0.1, -0.05) is 13.0 Å². The zero-order valence-corrected chi connectivity index (χ0v) is 11.1. The molecule has 0 aliphatic carbocycles. The number of halogens is 1. The van der Waals surface area contributed by atoms with Crippen LogP contribution in [-0.2, 0) is 11.2 Å². The largest absolute Gasteiger partial charge is 0.488 e. The third-order valence-electron chi connectivity index (χ3n) is 2.71. The molecule has 0 fully saturated rings. The summed E-state index contributed by atoms with van der Waals surface area (Å²) < 4.78 is 24.1. The quantitative estimate of drug-likeness (QED) is 0.726. The second-order valence-electron chi connectivity index (χ2n) is 4.18. The standard InChI is InChI=1S/C14H22FNO2/c1-3-12(16)9-11-5-6-14(13(15)10-11)18-8-7-17-4-2/h5-6,10,12H,3-4,7-9,16H2,1-2H3. The maximum Gasteiger partial charge on any atom is 0.165 e. The molecule has 0 aliphatic rings. The first kappa shape index (κ1) is 14.9. The van der Waals surface area contributed by atoms with Gasteiger partial charge in [0.1, 0.15) is 6.61 Å². The van der Waals surface area contributed by atoms with Crippen LogP contribution >= 0.6 is 0 Å². The lowest BCUT2D eigenvalue weighted by Crippen LogP contribution is -2.21. The lowest BCUT2D eigenvalue weighted by molar-refractivity contribution is 0.108. The predicted molar refractivity (Wildman–Crippen MR) is 70.4 cm³/mol. The van der Waals surface area contributed by atoms with Crippen molar-refractivity contribution in [3.8, 4) is 5.75 Å². The van der Waals surface area contributed by atoms with Gasteiger partial charge in [-0.3, -0.25) is 0 Å². The third kappa shape index (κ3) is 5.02. The molecule has 3 nitrogen and oxygen atoms in total. The topological polar surface area (TPSA) is 44.5 Å². The SMILES string of the molecule is CCOCCOc1ccc(CC(N)CC)cc1F. The van der Waals surface area contributed by atoms with Gasteiger partial charge >= 0.3 is 0 Å². The number of rotatable bonds is 8. The first-order chi connectivity index (χ1) is 8.67. The van der Waals surface area contributed by atoms with Crippen molar-refractivity contribution in [1.82, 2.24) is 0 Å². The lowest BCUT2D eigenvalue weighted by Gasteiger charge is -2.11. The van der Waals surface area contributed by atoms with Crippen molar-refractivity contribution in [3.63, 3.8) is 0 Å². The van der Waals surface area contributed by atoms with Gasteiger partial charge in [0.05, 0.1) is 6.61 Å². The third-order valence-corrected chi connectivity index (χ3v) is 2.71. The van der Waals surface area contributed by atoms with Crippen LogP contribution in [0.1, 0.15) is 25.8 Å². The first-order valence-electron chi connectivity index (χ1n) is 6.41. The summed E-state index contributed by atoms with van der Waals surface area (Å²) in [5, 5.41) is 0. The van der Waals surface area contributed by atoms with Gasteiger partial charge in [0.15, 0.2) is 11.6 Å². The highest BCUT2D eigenvalue weighted by atomic mass is 19.1. The van der Waals surface area contributed by atoms with Crippen molar-refractivity contribution < 1.29 is 13.9 Å². The molecule has 18 heavy (non-hydrogen) atoms. The molecule has 1 aromatic carbocycles. The van der Waals surface area contributed by atoms with Gasteiger partial charge in [0.25, 0.3) is 0 Å². The monoisotopic (exact) mass is 255 g/mol. The van der Waals surface area contributed by atoms with E-state index in [1.165, 1.54) is 6.07 Å². The fraction of sp³-hybridized carbons (Fsp3) is 0.571. The molecule has 1 atom stereocenters. The number of nitrogens with two attached hydrogens (primary N) is 1. The summed E-state index contributed by atoms with van der Waals surface area (Å²) in [4.78, 5) is 0. The Morgan fingerprint density at radius 2 is 2.06 bits per heavy atom. The molecule has 1 rings (SSSR count). The van der Waals surface area contributed by atoms with Crippen LogP contribution < -0.4 is 10.5 Å². The molecule has 4 heteroatoms. The molecule has 0 bridgehead atoms. The van der Waals surface area contributed by atoms with Crippen LogP contribution in [0.5, 0.6) is 5.75 Å². The summed E-state index contributed by atoms with van der Waals surface area (Å²) in [7, 11) is 0. The van der Waals surface area contributed by atoms with Crippen LogP contribution in [0.4, 0.5) is 4.39 Å². The molecular formula is C14H22FNO2. The van der Waals surface area contributed by atoms with Crippen molar-refractivity contribution in [2.75, 3.05) is 19.8 Å². The highest BCUT2D eigenvalue weighted by molar-refractivity contribution is 5.29. The van der Waals surface area contributed by atoms with E-state index in [-0.39, 0.29) is 17.6 Å². The van der Waals surface area contributed by atoms with Crippen LogP contribution in [0.2, 0.25) is 0 Å². The van der Waals surface area contributed by atoms with E-state index < -0.39 is 0 Å². The molecule has 2 N–H and O–H groups in total. The zero-order chi connectivity index (χ0) is 13.4. The molecule has 0 radical (unpaired) electrons. The summed E-state index contributed by atoms with van der Waals surface area (Å²) in [5.41, 5.74) is 6.74. The molecule has 0 aliphatic heterocycles. The zero-order valence-electron chi connectivity index (χ0n) is 11.1. The maximum atomic E-state index is 13.7. The second-order valence-corrected chi connectivity index (χ2v) is 4.18. The summed E-state index contributed by atoms with van der Waals surface area (Å²) >= 11 is 0. The Bertz CT molecular complexity index is 358. The predicted octanol–water partition coefficient (Wildman–Crippen LogP) is 2.52. The summed E-state index contributed by atoms with van der Waals surface area (Å²) in [6.45, 7) is 5.40. The van der Waals surface area contributed by atoms with Gasteiger partial charge in [-0.2, -0.15) is 0 Å². The minimum absolute atomic E-state index is 0.0779. The smallest absolute Gasteiger partial charge is 0.165 e. The molecule has 102 valence electrons. The number of benzene rings is 1. The van der Waals surface area contributed by atoms with Gasteiger partial charge in [-0.25, -0.2) is 4.39 Å². The molecule has 1 aromatic rings. The fourth-order valence-electron chi connectivity index (χ4n) is 1.59. The first-order valence-corrected chi connectivity index (χ1v) is 6.41. The highest BCUT2D eigenvalue weighted by Crippen LogP contribution is 2.19. The van der Waals surface area contributed by atoms with Crippen molar-refractivity contribution in [1.29, 1.82) is 0 Å². The fourth-order valence-corrected chi connectivity index (χ4v) is 1.59. The van der Waals surface area contributed by atoms with Gasteiger partial charge in [0.2, 0.25) is 0 Å². The molecule has 0 amide bonds. The average molecular weight is 255 g/mol. The molecule has 0 spiro atoms. The van der Waals surface area contributed by atoms with Gasteiger partial charge in [-0.05, 0) is 37.5 Å². The van der Waals surface area contributed by atoms with Crippen LogP contribution in [0.25, 0.3) is 0 Å². The minimum Gasteiger partial charge on any atom is -0.488 e. The molecule has 0 saturated carbocycles. The normalized spacial score (nSPS) is 12.4. The Balaban J connectivity index is 2.51. The van der Waals surface area contributed by atoms with Crippen molar-refractivity contribution >= 4 is 0 Å². The summed E-state index contributed by atoms with van der Waals surface area (Å²) in [6.07, 6.45) is 1.57. The molecule has 1 unspecified atom stereocenters. The van der Waals surface area contributed by atoms with Crippen molar-refractivity contribution in [2.24, 2.45) is 5.73 Å². The van der Waals surface area contributed by atoms with E-state index in [4.69, 9.17) is 15.2 Å². The van der Waals surface area contributed by atoms with Gasteiger partial charge < -0.3 is 15.2 Å². The second kappa shape index (κ2) is 8.06. The van der Waals surface area contributed by atoms with E-state index in [1.807, 2.05) is 19.9 Å². The average Bonchev–Trinajstić information content (AvgIpc) is 2.36. The number of hydrogen-bond donors (Lipinski definition) is 1. The molecule has 0 saturated heterocycles. The van der Waals surface area contributed by atoms with Crippen LogP contribution in [0, 0.1) is 5.82 Å². The minimum atomic E-state index is -0.340. The Morgan fingerprint density at radius 1 is 1.28 bits per heavy atom. The Morgan fingerprint density at radius 3 is 2.67 bits per heavy atom. The Labute approximate surface area is 108 Å². The van der Waals surface area contributed by atoms with Crippen LogP contribution in [-0.4, -0.2) is 25.9 Å². The van der Waals surface area contributed by atoms with Gasteiger partial charge in [0, 0.05) is 12.6 Å². The van der Waals surface area contributed by atoms with E-state index in [0.29, 0.717) is 26.2 Å². The Hall–Kier alpha value is -1.13. The van der Waals surface area contributed by atoms with Crippen LogP contribution in [0.15, 0.2) is 18.2 Å². The van der Waals surface area contributed by atoms with Crippen molar-refractivity contribution in [2.45, 2.75) is 32.7 Å². The maximum absolute atomic E-state index is 13.7. The number of hydrogen-bond acceptors (Lipinski definition) is 3. The Kier molecular flexibility index (Phi) is 6.68. The van der Waals surface area contributed by atoms with E-state index in [0.717, 1.165) is 12.0 Å². The van der Waals surface area contributed by atoms with Crippen LogP contribution in [0.3, 0.4) is 0 Å². The summed E-state index contributed by atoms with van der Waals surface area (Å²) in [5.74, 6) is -0.0733. The highest BCUT2D eigenvalue weighted by Gasteiger charge is 2.07. The van der Waals surface area contributed by atoms with E-state index in [2.05, 4.69) is 0 Å². The lowest BCUT2D eigenvalue weighted by atomic mass is 10.0. The molecule has 0 heterocycles. The number of ether oxygens (including phenoxy) is 2. The van der Waals surface area contributed by atoms with Crippen molar-refractivity contribution in [3.05, 3.63) is 29.6 Å².